The number of rotatable bonds is 19. The lowest BCUT2D eigenvalue weighted by Crippen LogP contribution is -2.47. The highest BCUT2D eigenvalue weighted by molar-refractivity contribution is 5.78. The lowest BCUT2D eigenvalue weighted by molar-refractivity contribution is -0.124. The molecule has 2 aromatic heterocycles. The molecule has 0 bridgehead atoms. The molecule has 6 N–H and O–H groups in total. The van der Waals surface area contributed by atoms with E-state index < -0.39 is 0 Å². The number of anilines is 2. The van der Waals surface area contributed by atoms with Crippen LogP contribution in [0.15, 0.2) is 72.8 Å². The molecule has 8 rings (SSSR count). The lowest BCUT2D eigenvalue weighted by Gasteiger charge is -2.42. The van der Waals surface area contributed by atoms with Gasteiger partial charge >= 0.3 is 0 Å². The number of aldehydes is 1. The van der Waals surface area contributed by atoms with E-state index in [4.69, 9.17) is 25.9 Å². The molecule has 2 aromatic carbocycles. The summed E-state index contributed by atoms with van der Waals surface area (Å²) in [4.78, 5) is 38.4. The average molecular weight is 1070 g/mol. The van der Waals surface area contributed by atoms with Gasteiger partial charge in [0.25, 0.3) is 0 Å². The van der Waals surface area contributed by atoms with E-state index in [-0.39, 0.29) is 46.1 Å². The summed E-state index contributed by atoms with van der Waals surface area (Å²) in [7, 11) is 0. The predicted octanol–water partition coefficient (Wildman–Crippen LogP) is 11.3. The number of nitrogens with two attached hydrogens (primary N) is 1. The SMILES string of the molecule is CC(C)(C)CC(=O)NCC=O.CC1(C)CCC(C)(C)c2cc(-c3cccc(N4CCC(N(CCN)CCCCO)CC4)n3)ccc21.CC1(C)CCC(C)(C)c2cc(-c3cccc(N4CCC(NCCCCO)CC4)n3)ccc21. The number of amides is 1. The number of fused-ring (bicyclic) bond motifs is 2. The molecule has 4 aliphatic rings. The maximum atomic E-state index is 10.9. The molecule has 2 fully saturated rings. The highest BCUT2D eigenvalue weighted by atomic mass is 16.3. The fourth-order valence-corrected chi connectivity index (χ4v) is 12.1. The molecule has 430 valence electrons. The number of pyridine rings is 2. The van der Waals surface area contributed by atoms with Gasteiger partial charge in [-0.3, -0.25) is 9.69 Å². The number of carbonyl (C=O) groups is 2. The quantitative estimate of drug-likeness (QED) is 0.0449. The Balaban J connectivity index is 0.000000213. The van der Waals surface area contributed by atoms with Crippen LogP contribution < -0.4 is 26.2 Å². The van der Waals surface area contributed by atoms with Gasteiger partial charge in [-0.25, -0.2) is 9.97 Å². The Bertz CT molecular complexity index is 2520. The third-order valence-electron chi connectivity index (χ3n) is 17.3. The molecule has 1 amide bonds. The third-order valence-corrected chi connectivity index (χ3v) is 17.3. The first-order valence-corrected chi connectivity index (χ1v) is 29.9. The first kappa shape index (κ1) is 62.5. The van der Waals surface area contributed by atoms with Crippen molar-refractivity contribution in [1.82, 2.24) is 25.5 Å². The summed E-state index contributed by atoms with van der Waals surface area (Å²) in [6.07, 6.45) is 14.5. The Labute approximate surface area is 471 Å². The number of carbonyl (C=O) groups excluding carboxylic acids is 2. The number of hydrogen-bond acceptors (Lipinski definition) is 11. The minimum atomic E-state index is -0.0652. The number of benzene rings is 2. The van der Waals surface area contributed by atoms with Crippen molar-refractivity contribution in [3.8, 4) is 22.5 Å². The Morgan fingerprint density at radius 2 is 1.12 bits per heavy atom. The fourth-order valence-electron chi connectivity index (χ4n) is 12.1. The van der Waals surface area contributed by atoms with E-state index in [1.165, 1.54) is 59.1 Å². The third kappa shape index (κ3) is 17.4. The molecule has 4 aromatic rings. The molecule has 2 saturated heterocycles. The second-order valence-corrected chi connectivity index (χ2v) is 26.6. The van der Waals surface area contributed by atoms with Crippen molar-refractivity contribution in [2.75, 3.05) is 81.9 Å². The number of hydrogen-bond donors (Lipinski definition) is 5. The number of aliphatic hydroxyl groups excluding tert-OH is 2. The molecule has 78 heavy (non-hydrogen) atoms. The first-order chi connectivity index (χ1) is 37.0. The molecule has 0 spiro atoms. The number of unbranched alkanes of at least 4 members (excludes halogenated alkanes) is 2. The van der Waals surface area contributed by atoms with Crippen LogP contribution in [-0.4, -0.2) is 121 Å². The van der Waals surface area contributed by atoms with Crippen LogP contribution in [0.1, 0.15) is 182 Å². The molecular weight excluding hydrogens is 969 g/mol. The summed E-state index contributed by atoms with van der Waals surface area (Å²) in [6, 6.07) is 28.2. The number of aromatic nitrogens is 2. The van der Waals surface area contributed by atoms with Crippen LogP contribution in [0.4, 0.5) is 11.6 Å². The van der Waals surface area contributed by atoms with Crippen LogP contribution in [-0.2, 0) is 31.2 Å². The van der Waals surface area contributed by atoms with Crippen molar-refractivity contribution in [1.29, 1.82) is 0 Å². The van der Waals surface area contributed by atoms with Crippen LogP contribution >= 0.6 is 0 Å². The second-order valence-electron chi connectivity index (χ2n) is 26.6. The summed E-state index contributed by atoms with van der Waals surface area (Å²) < 4.78 is 0. The zero-order chi connectivity index (χ0) is 56.7. The van der Waals surface area contributed by atoms with Crippen LogP contribution in [0.5, 0.6) is 0 Å². The van der Waals surface area contributed by atoms with Gasteiger partial charge in [0.1, 0.15) is 17.9 Å². The monoisotopic (exact) mass is 1070 g/mol. The van der Waals surface area contributed by atoms with Gasteiger partial charge in [-0.15, -0.1) is 0 Å². The molecule has 0 unspecified atom stereocenters. The molecule has 12 heteroatoms. The number of nitrogens with zero attached hydrogens (tertiary/aromatic N) is 5. The second kappa shape index (κ2) is 28.1. The highest BCUT2D eigenvalue weighted by Crippen LogP contribution is 2.48. The molecule has 4 heterocycles. The van der Waals surface area contributed by atoms with Crippen molar-refractivity contribution in [2.24, 2.45) is 11.1 Å². The first-order valence-electron chi connectivity index (χ1n) is 29.9. The molecule has 0 saturated carbocycles. The number of piperidine rings is 2. The Morgan fingerprint density at radius 3 is 1.56 bits per heavy atom. The molecule has 2 aliphatic carbocycles. The van der Waals surface area contributed by atoms with Gasteiger partial charge in [0.2, 0.25) is 5.91 Å². The zero-order valence-electron chi connectivity index (χ0n) is 50.2. The number of nitrogens with one attached hydrogen (secondary N) is 2. The van der Waals surface area contributed by atoms with Gasteiger partial charge in [0.05, 0.1) is 17.9 Å². The van der Waals surface area contributed by atoms with Gasteiger partial charge in [-0.1, -0.05) is 113 Å². The Kier molecular flexibility index (Phi) is 22.5. The van der Waals surface area contributed by atoms with Gasteiger partial charge in [-0.2, -0.15) is 0 Å². The van der Waals surface area contributed by atoms with E-state index in [2.05, 4.69) is 154 Å². The summed E-state index contributed by atoms with van der Waals surface area (Å²) in [5.41, 5.74) is 17.4. The van der Waals surface area contributed by atoms with Crippen LogP contribution in [0.3, 0.4) is 0 Å². The maximum Gasteiger partial charge on any atom is 0.220 e. The van der Waals surface area contributed by atoms with E-state index in [9.17, 15) is 9.59 Å². The van der Waals surface area contributed by atoms with Crippen molar-refractivity contribution in [3.63, 3.8) is 0 Å². The van der Waals surface area contributed by atoms with Crippen molar-refractivity contribution in [3.05, 3.63) is 95.1 Å². The maximum absolute atomic E-state index is 10.9. The van der Waals surface area contributed by atoms with E-state index in [0.717, 1.165) is 120 Å². The zero-order valence-corrected chi connectivity index (χ0v) is 50.2. The van der Waals surface area contributed by atoms with E-state index in [0.29, 0.717) is 37.9 Å². The van der Waals surface area contributed by atoms with Crippen molar-refractivity contribution < 1.29 is 19.8 Å². The molecular formula is C66H102N8O4. The summed E-state index contributed by atoms with van der Waals surface area (Å²) in [5.74, 6) is 2.12. The Morgan fingerprint density at radius 1 is 0.654 bits per heavy atom. The predicted molar refractivity (Wildman–Crippen MR) is 325 cm³/mol. The van der Waals surface area contributed by atoms with Crippen LogP contribution in [0.2, 0.25) is 0 Å². The van der Waals surface area contributed by atoms with Crippen molar-refractivity contribution >= 4 is 23.8 Å². The van der Waals surface area contributed by atoms with Gasteiger partial charge in [-0.05, 0) is 176 Å². The van der Waals surface area contributed by atoms with Crippen molar-refractivity contribution in [2.45, 2.75) is 193 Å². The van der Waals surface area contributed by atoms with E-state index >= 15 is 0 Å². The van der Waals surface area contributed by atoms with E-state index in [1.54, 1.807) is 0 Å². The fraction of sp³-hybridized carbons (Fsp3) is 0.636. The topological polar surface area (TPSA) is 160 Å². The summed E-state index contributed by atoms with van der Waals surface area (Å²) >= 11 is 0. The standard InChI is InChI=1S/C30H46N4O.C28H41N3O.C8H15NO2/c1-29(2)14-15-30(3,4)26-22-23(10-11-25(26)29)27-8-7-9-28(32-27)34-18-12-24(13-19-34)33(20-16-31)17-5-6-21-35;1-27(2)14-15-28(3,4)24-20-21(10-11-23(24)27)25-8-7-9-26(30-25)31-17-12-22(13-18-31)29-16-5-6-19-32;1-8(2,3)6-7(11)9-4-5-10/h7-11,22,24,35H,5-6,12-21,31H2,1-4H3;7-11,20,22,29,32H,5-6,12-19H2,1-4H3;5H,4,6H2,1-3H3,(H,9,11). The van der Waals surface area contributed by atoms with E-state index in [1.807, 2.05) is 20.8 Å². The minimum Gasteiger partial charge on any atom is -0.396 e. The van der Waals surface area contributed by atoms with Crippen LogP contribution in [0, 0.1) is 5.41 Å². The minimum absolute atomic E-state index is 0.00698. The average Bonchev–Trinajstić information content (AvgIpc) is 3.54. The molecule has 0 radical (unpaired) electrons. The largest absolute Gasteiger partial charge is 0.396 e. The highest BCUT2D eigenvalue weighted by Gasteiger charge is 2.38. The summed E-state index contributed by atoms with van der Waals surface area (Å²) in [6.45, 7) is 33.5. The Hall–Kier alpha value is -4.72. The molecule has 0 atom stereocenters. The normalized spacial score (nSPS) is 18.7. The van der Waals surface area contributed by atoms with Gasteiger partial charge in [0, 0.05) is 82.1 Å². The van der Waals surface area contributed by atoms with Gasteiger partial charge in [0.15, 0.2) is 0 Å². The van der Waals surface area contributed by atoms with Gasteiger partial charge < -0.3 is 41.2 Å². The lowest BCUT2D eigenvalue weighted by atomic mass is 9.63. The number of aliphatic hydroxyl groups is 2. The summed E-state index contributed by atoms with van der Waals surface area (Å²) in [5, 5.41) is 24.2. The smallest absolute Gasteiger partial charge is 0.220 e. The molecule has 12 nitrogen and oxygen atoms in total. The molecule has 2 aliphatic heterocycles. The van der Waals surface area contributed by atoms with Crippen LogP contribution in [0.25, 0.3) is 22.5 Å².